The Kier molecular flexibility index (Phi) is 5.12. The molecule has 0 heterocycles. The van der Waals surface area contributed by atoms with Gasteiger partial charge in [0.1, 0.15) is 17.2 Å². The summed E-state index contributed by atoms with van der Waals surface area (Å²) in [4.78, 5) is 0. The summed E-state index contributed by atoms with van der Waals surface area (Å²) in [5, 5.41) is 9.97. The second-order valence-corrected chi connectivity index (χ2v) is 5.51. The molecule has 0 saturated carbocycles. The number of para-hydroxylation sites is 1. The summed E-state index contributed by atoms with van der Waals surface area (Å²) in [6, 6.07) is 17.5. The van der Waals surface area contributed by atoms with Gasteiger partial charge in [0, 0.05) is 11.6 Å². The molecule has 0 aliphatic carbocycles. The quantitative estimate of drug-likeness (QED) is 0.615. The summed E-state index contributed by atoms with van der Waals surface area (Å²) < 4.78 is 52.2. The minimum Gasteiger partial charge on any atom is -0.507 e. The van der Waals surface area contributed by atoms with Crippen molar-refractivity contribution in [3.8, 4) is 39.9 Å². The monoisotopic (exact) mass is 376 g/mol. The van der Waals surface area contributed by atoms with Crippen molar-refractivity contribution >= 4 is 0 Å². The Balaban J connectivity index is 1.88. The fourth-order valence-corrected chi connectivity index (χ4v) is 2.51. The van der Waals surface area contributed by atoms with Gasteiger partial charge in [-0.1, -0.05) is 30.3 Å². The number of aromatic hydroxyl groups is 1. The highest BCUT2D eigenvalue weighted by Gasteiger charge is 2.32. The number of halogens is 3. The minimum absolute atomic E-state index is 0.0670. The highest BCUT2D eigenvalue weighted by atomic mass is 19.4. The Morgan fingerprint density at radius 1 is 0.815 bits per heavy atom. The molecule has 27 heavy (non-hydrogen) atoms. The minimum atomic E-state index is -4.85. The van der Waals surface area contributed by atoms with Crippen molar-refractivity contribution in [1.29, 1.82) is 0 Å². The third-order valence-electron chi connectivity index (χ3n) is 3.65. The number of methoxy groups -OCH3 is 1. The molecule has 0 fully saturated rings. The third-order valence-corrected chi connectivity index (χ3v) is 3.65. The standard InChI is InChI=1S/C20H15F3O4/c1-25-18-10-9-15(12-19(18)27-20(21,22)23)26-14-6-4-5-13(11-14)16-7-2-3-8-17(16)24/h2-12,24H,1H3. The van der Waals surface area contributed by atoms with Gasteiger partial charge in [0.25, 0.3) is 0 Å². The van der Waals surface area contributed by atoms with Crippen LogP contribution in [0.3, 0.4) is 0 Å². The van der Waals surface area contributed by atoms with Crippen molar-refractivity contribution < 1.29 is 32.5 Å². The van der Waals surface area contributed by atoms with Crippen molar-refractivity contribution in [1.82, 2.24) is 0 Å². The van der Waals surface area contributed by atoms with E-state index in [9.17, 15) is 18.3 Å². The zero-order chi connectivity index (χ0) is 19.4. The first-order chi connectivity index (χ1) is 12.9. The first kappa shape index (κ1) is 18.4. The summed E-state index contributed by atoms with van der Waals surface area (Å²) >= 11 is 0. The molecule has 140 valence electrons. The lowest BCUT2D eigenvalue weighted by Gasteiger charge is -2.14. The highest BCUT2D eigenvalue weighted by molar-refractivity contribution is 5.71. The summed E-state index contributed by atoms with van der Waals surface area (Å²) in [6.45, 7) is 0. The number of alkyl halides is 3. The van der Waals surface area contributed by atoms with Gasteiger partial charge in [-0.3, -0.25) is 0 Å². The van der Waals surface area contributed by atoms with Gasteiger partial charge in [0.15, 0.2) is 11.5 Å². The lowest BCUT2D eigenvalue weighted by atomic mass is 10.0. The molecule has 0 bridgehead atoms. The molecular weight excluding hydrogens is 361 g/mol. The lowest BCUT2D eigenvalue weighted by molar-refractivity contribution is -0.275. The van der Waals surface area contributed by atoms with Crippen LogP contribution < -0.4 is 14.2 Å². The van der Waals surface area contributed by atoms with E-state index in [0.717, 1.165) is 6.07 Å². The van der Waals surface area contributed by atoms with Gasteiger partial charge in [0.2, 0.25) is 0 Å². The number of phenols is 1. The van der Waals surface area contributed by atoms with Crippen LogP contribution in [0.2, 0.25) is 0 Å². The van der Waals surface area contributed by atoms with Gasteiger partial charge in [-0.15, -0.1) is 13.2 Å². The Bertz CT molecular complexity index is 939. The van der Waals surface area contributed by atoms with E-state index < -0.39 is 12.1 Å². The van der Waals surface area contributed by atoms with E-state index in [1.54, 1.807) is 48.5 Å². The van der Waals surface area contributed by atoms with Crippen LogP contribution in [0, 0.1) is 0 Å². The molecule has 3 aromatic carbocycles. The Morgan fingerprint density at radius 3 is 2.26 bits per heavy atom. The maximum absolute atomic E-state index is 12.6. The number of rotatable bonds is 5. The molecule has 3 aromatic rings. The van der Waals surface area contributed by atoms with E-state index in [1.165, 1.54) is 19.2 Å². The molecule has 0 unspecified atom stereocenters. The maximum Gasteiger partial charge on any atom is 0.573 e. The van der Waals surface area contributed by atoms with E-state index in [0.29, 0.717) is 16.9 Å². The maximum atomic E-state index is 12.6. The summed E-state index contributed by atoms with van der Waals surface area (Å²) in [7, 11) is 1.24. The van der Waals surface area contributed by atoms with E-state index in [-0.39, 0.29) is 17.2 Å². The van der Waals surface area contributed by atoms with Gasteiger partial charge >= 0.3 is 6.36 Å². The Morgan fingerprint density at radius 2 is 1.56 bits per heavy atom. The molecule has 0 aliphatic heterocycles. The molecular formula is C20H15F3O4. The Labute approximate surface area is 153 Å². The zero-order valence-electron chi connectivity index (χ0n) is 14.2. The van der Waals surface area contributed by atoms with Crippen LogP contribution in [0.25, 0.3) is 11.1 Å². The van der Waals surface area contributed by atoms with Gasteiger partial charge < -0.3 is 19.3 Å². The summed E-state index contributed by atoms with van der Waals surface area (Å²) in [5.41, 5.74) is 1.31. The van der Waals surface area contributed by atoms with Crippen molar-refractivity contribution in [2.45, 2.75) is 6.36 Å². The van der Waals surface area contributed by atoms with E-state index >= 15 is 0 Å². The lowest BCUT2D eigenvalue weighted by Crippen LogP contribution is -2.17. The van der Waals surface area contributed by atoms with Crippen LogP contribution in [0.1, 0.15) is 0 Å². The first-order valence-corrected chi connectivity index (χ1v) is 7.86. The summed E-state index contributed by atoms with van der Waals surface area (Å²) in [5.74, 6) is 0.0744. The van der Waals surface area contributed by atoms with E-state index in [1.807, 2.05) is 0 Å². The predicted octanol–water partition coefficient (Wildman–Crippen LogP) is 5.76. The largest absolute Gasteiger partial charge is 0.573 e. The molecule has 0 saturated heterocycles. The number of phenolic OH excluding ortho intramolecular Hbond substituents is 1. The molecule has 3 rings (SSSR count). The Hall–Kier alpha value is -3.35. The molecule has 4 nitrogen and oxygen atoms in total. The average molecular weight is 376 g/mol. The molecule has 1 N–H and O–H groups in total. The summed E-state index contributed by atoms with van der Waals surface area (Å²) in [6.07, 6.45) is -4.85. The molecule has 7 heteroatoms. The van der Waals surface area contributed by atoms with Crippen LogP contribution in [-0.2, 0) is 0 Å². The molecule has 0 aromatic heterocycles. The first-order valence-electron chi connectivity index (χ1n) is 7.86. The normalized spacial score (nSPS) is 11.1. The van der Waals surface area contributed by atoms with Crippen molar-refractivity contribution in [2.24, 2.45) is 0 Å². The topological polar surface area (TPSA) is 47.9 Å². The molecule has 0 radical (unpaired) electrons. The number of ether oxygens (including phenoxy) is 3. The van der Waals surface area contributed by atoms with Gasteiger partial charge in [-0.05, 0) is 35.9 Å². The van der Waals surface area contributed by atoms with Crippen LogP contribution in [0.4, 0.5) is 13.2 Å². The second kappa shape index (κ2) is 7.49. The fourth-order valence-electron chi connectivity index (χ4n) is 2.51. The fraction of sp³-hybridized carbons (Fsp3) is 0.100. The number of benzene rings is 3. The molecule has 0 spiro atoms. The van der Waals surface area contributed by atoms with E-state index in [2.05, 4.69) is 4.74 Å². The SMILES string of the molecule is COc1ccc(Oc2cccc(-c3ccccc3O)c2)cc1OC(F)(F)F. The van der Waals surface area contributed by atoms with Crippen LogP contribution >= 0.6 is 0 Å². The predicted molar refractivity (Wildman–Crippen MR) is 93.3 cm³/mol. The average Bonchev–Trinajstić information content (AvgIpc) is 2.61. The third kappa shape index (κ3) is 4.63. The van der Waals surface area contributed by atoms with Crippen LogP contribution in [0.5, 0.6) is 28.7 Å². The molecule has 0 atom stereocenters. The molecule has 0 aliphatic rings. The number of hydrogen-bond donors (Lipinski definition) is 1. The van der Waals surface area contributed by atoms with Crippen LogP contribution in [0.15, 0.2) is 66.7 Å². The van der Waals surface area contributed by atoms with Crippen molar-refractivity contribution in [3.63, 3.8) is 0 Å². The van der Waals surface area contributed by atoms with E-state index in [4.69, 9.17) is 9.47 Å². The van der Waals surface area contributed by atoms with Crippen LogP contribution in [-0.4, -0.2) is 18.6 Å². The van der Waals surface area contributed by atoms with Gasteiger partial charge in [-0.25, -0.2) is 0 Å². The second-order valence-electron chi connectivity index (χ2n) is 5.51. The smallest absolute Gasteiger partial charge is 0.507 e. The highest BCUT2D eigenvalue weighted by Crippen LogP contribution is 2.37. The van der Waals surface area contributed by atoms with Crippen molar-refractivity contribution in [2.75, 3.05) is 7.11 Å². The van der Waals surface area contributed by atoms with Gasteiger partial charge in [0.05, 0.1) is 7.11 Å². The molecule has 0 amide bonds. The van der Waals surface area contributed by atoms with Crippen molar-refractivity contribution in [3.05, 3.63) is 66.7 Å². The van der Waals surface area contributed by atoms with Gasteiger partial charge in [-0.2, -0.15) is 0 Å². The number of hydrogen-bond acceptors (Lipinski definition) is 4. The zero-order valence-corrected chi connectivity index (χ0v) is 14.2.